The van der Waals surface area contributed by atoms with Gasteiger partial charge in [-0.3, -0.25) is 0 Å². The number of nitrogens with two attached hydrogens (primary N) is 1. The molecule has 0 bridgehead atoms. The summed E-state index contributed by atoms with van der Waals surface area (Å²) in [6.07, 6.45) is 1.41. The zero-order valence-corrected chi connectivity index (χ0v) is 9.15. The smallest absolute Gasteiger partial charge is 0.260 e. The van der Waals surface area contributed by atoms with Gasteiger partial charge in [0.25, 0.3) is 5.22 Å². The van der Waals surface area contributed by atoms with Crippen molar-refractivity contribution in [3.8, 4) is 0 Å². The van der Waals surface area contributed by atoms with E-state index in [-0.39, 0.29) is 15.8 Å². The van der Waals surface area contributed by atoms with Crippen LogP contribution in [0.4, 0.5) is 14.5 Å². The Morgan fingerprint density at radius 2 is 1.94 bits per heavy atom. The number of benzene rings is 1. The monoisotopic (exact) mass is 242 g/mol. The van der Waals surface area contributed by atoms with Gasteiger partial charge in [0.2, 0.25) is 0 Å². The van der Waals surface area contributed by atoms with Crippen molar-refractivity contribution in [1.82, 2.24) is 4.98 Å². The second kappa shape index (κ2) is 4.13. The van der Waals surface area contributed by atoms with E-state index in [1.54, 1.807) is 6.92 Å². The second-order valence-electron chi connectivity index (χ2n) is 3.17. The van der Waals surface area contributed by atoms with Gasteiger partial charge in [-0.1, -0.05) is 0 Å². The van der Waals surface area contributed by atoms with E-state index >= 15 is 0 Å². The van der Waals surface area contributed by atoms with Crippen molar-refractivity contribution in [1.29, 1.82) is 0 Å². The van der Waals surface area contributed by atoms with Crippen molar-refractivity contribution in [2.75, 3.05) is 5.73 Å². The standard InChI is InChI=1S/C10H8F2N2OS/c1-5-4-15-10(14-5)16-9-7(11)2-6(13)3-8(9)12/h2-4H,13H2,1H3. The van der Waals surface area contributed by atoms with E-state index in [9.17, 15) is 8.78 Å². The molecule has 0 spiro atoms. The number of halogens is 2. The average Bonchev–Trinajstić information content (AvgIpc) is 2.58. The Labute approximate surface area is 94.7 Å². The molecule has 0 saturated carbocycles. The summed E-state index contributed by atoms with van der Waals surface area (Å²) in [5.74, 6) is -1.45. The first-order valence-electron chi connectivity index (χ1n) is 4.41. The van der Waals surface area contributed by atoms with Crippen molar-refractivity contribution in [2.24, 2.45) is 0 Å². The van der Waals surface area contributed by atoms with Crippen LogP contribution in [0.5, 0.6) is 0 Å². The summed E-state index contributed by atoms with van der Waals surface area (Å²) in [5.41, 5.74) is 5.99. The molecule has 2 rings (SSSR count). The van der Waals surface area contributed by atoms with Gasteiger partial charge in [-0.15, -0.1) is 0 Å². The number of oxazole rings is 1. The largest absolute Gasteiger partial charge is 0.439 e. The predicted molar refractivity (Wildman–Crippen MR) is 56.1 cm³/mol. The molecule has 1 aromatic heterocycles. The van der Waals surface area contributed by atoms with Gasteiger partial charge in [0.1, 0.15) is 17.9 Å². The first-order valence-corrected chi connectivity index (χ1v) is 5.22. The molecule has 0 aliphatic heterocycles. The quantitative estimate of drug-likeness (QED) is 0.822. The fourth-order valence-corrected chi connectivity index (χ4v) is 1.92. The third-order valence-electron chi connectivity index (χ3n) is 1.81. The Balaban J connectivity index is 2.34. The van der Waals surface area contributed by atoms with Crippen molar-refractivity contribution in [3.63, 3.8) is 0 Å². The van der Waals surface area contributed by atoms with E-state index in [1.165, 1.54) is 6.26 Å². The highest BCUT2D eigenvalue weighted by Gasteiger charge is 2.14. The van der Waals surface area contributed by atoms with Gasteiger partial charge in [-0.05, 0) is 30.8 Å². The van der Waals surface area contributed by atoms with Gasteiger partial charge in [-0.2, -0.15) is 0 Å². The normalized spacial score (nSPS) is 10.7. The minimum atomic E-state index is -0.724. The number of hydrogen-bond acceptors (Lipinski definition) is 4. The molecule has 2 N–H and O–H groups in total. The van der Waals surface area contributed by atoms with Crippen LogP contribution < -0.4 is 5.73 Å². The SMILES string of the molecule is Cc1coc(Sc2c(F)cc(N)cc2F)n1. The minimum absolute atomic E-state index is 0.0444. The van der Waals surface area contributed by atoms with Gasteiger partial charge in [-0.25, -0.2) is 13.8 Å². The summed E-state index contributed by atoms with van der Waals surface area (Å²) in [6.45, 7) is 1.73. The van der Waals surface area contributed by atoms with Crippen molar-refractivity contribution < 1.29 is 13.2 Å². The van der Waals surface area contributed by atoms with E-state index in [1.807, 2.05) is 0 Å². The highest BCUT2D eigenvalue weighted by Crippen LogP contribution is 2.32. The van der Waals surface area contributed by atoms with Crippen LogP contribution in [0.1, 0.15) is 5.69 Å². The van der Waals surface area contributed by atoms with Gasteiger partial charge >= 0.3 is 0 Å². The van der Waals surface area contributed by atoms with Gasteiger partial charge < -0.3 is 10.2 Å². The molecule has 84 valence electrons. The predicted octanol–water partition coefficient (Wildman–Crippen LogP) is 2.99. The van der Waals surface area contributed by atoms with Crippen molar-refractivity contribution in [2.45, 2.75) is 17.0 Å². The van der Waals surface area contributed by atoms with Gasteiger partial charge in [0.15, 0.2) is 0 Å². The molecule has 0 aliphatic rings. The average molecular weight is 242 g/mol. The Hall–Kier alpha value is -1.56. The lowest BCUT2D eigenvalue weighted by atomic mass is 10.3. The third-order valence-corrected chi connectivity index (χ3v) is 2.76. The van der Waals surface area contributed by atoms with E-state index in [2.05, 4.69) is 4.98 Å². The first-order chi connectivity index (χ1) is 7.56. The first kappa shape index (κ1) is 10.9. The number of aryl methyl sites for hydroxylation is 1. The molecule has 0 fully saturated rings. The van der Waals surface area contributed by atoms with E-state index in [0.717, 1.165) is 23.9 Å². The molecule has 1 heterocycles. The van der Waals surface area contributed by atoms with E-state index in [0.29, 0.717) is 5.69 Å². The number of aromatic nitrogens is 1. The molecule has 6 heteroatoms. The molecular formula is C10H8F2N2OS. The Kier molecular flexibility index (Phi) is 2.82. The summed E-state index contributed by atoms with van der Waals surface area (Å²) in [4.78, 5) is 3.77. The minimum Gasteiger partial charge on any atom is -0.439 e. The molecule has 16 heavy (non-hydrogen) atoms. The molecule has 0 radical (unpaired) electrons. The Morgan fingerprint density at radius 1 is 1.31 bits per heavy atom. The highest BCUT2D eigenvalue weighted by atomic mass is 32.2. The maximum Gasteiger partial charge on any atom is 0.260 e. The van der Waals surface area contributed by atoms with Crippen LogP contribution >= 0.6 is 11.8 Å². The molecule has 1 aromatic carbocycles. The highest BCUT2D eigenvalue weighted by molar-refractivity contribution is 7.99. The fraction of sp³-hybridized carbons (Fsp3) is 0.100. The lowest BCUT2D eigenvalue weighted by Crippen LogP contribution is -1.93. The molecule has 0 amide bonds. The molecule has 0 saturated heterocycles. The van der Waals surface area contributed by atoms with Crippen LogP contribution in [0.15, 0.2) is 32.9 Å². The van der Waals surface area contributed by atoms with Crippen LogP contribution in [-0.2, 0) is 0 Å². The van der Waals surface area contributed by atoms with Crippen LogP contribution in [0, 0.1) is 18.6 Å². The molecule has 2 aromatic rings. The number of nitrogen functional groups attached to an aromatic ring is 1. The van der Waals surface area contributed by atoms with Crippen LogP contribution in [0.3, 0.4) is 0 Å². The maximum atomic E-state index is 13.4. The van der Waals surface area contributed by atoms with Crippen LogP contribution in [-0.4, -0.2) is 4.98 Å². The van der Waals surface area contributed by atoms with E-state index in [4.69, 9.17) is 10.2 Å². The summed E-state index contributed by atoms with van der Waals surface area (Å²) in [7, 11) is 0. The number of hydrogen-bond donors (Lipinski definition) is 1. The Bertz CT molecular complexity index is 504. The van der Waals surface area contributed by atoms with Crippen LogP contribution in [0.2, 0.25) is 0 Å². The van der Waals surface area contributed by atoms with E-state index < -0.39 is 11.6 Å². The summed E-state index contributed by atoms with van der Waals surface area (Å²) in [6, 6.07) is 2.11. The lowest BCUT2D eigenvalue weighted by Gasteiger charge is -2.02. The summed E-state index contributed by atoms with van der Waals surface area (Å²) in [5, 5.41) is 0.195. The van der Waals surface area contributed by atoms with Gasteiger partial charge in [0.05, 0.1) is 10.6 Å². The van der Waals surface area contributed by atoms with Crippen LogP contribution in [0.25, 0.3) is 0 Å². The topological polar surface area (TPSA) is 52.0 Å². The lowest BCUT2D eigenvalue weighted by molar-refractivity contribution is 0.452. The molecule has 0 unspecified atom stereocenters. The van der Waals surface area contributed by atoms with Crippen molar-refractivity contribution in [3.05, 3.63) is 35.7 Å². The zero-order valence-electron chi connectivity index (χ0n) is 8.33. The zero-order chi connectivity index (χ0) is 11.7. The van der Waals surface area contributed by atoms with Crippen molar-refractivity contribution >= 4 is 17.4 Å². The molecule has 0 aliphatic carbocycles. The number of rotatable bonds is 2. The van der Waals surface area contributed by atoms with Gasteiger partial charge in [0, 0.05) is 5.69 Å². The fourth-order valence-electron chi connectivity index (χ4n) is 1.14. The summed E-state index contributed by atoms with van der Waals surface area (Å²) < 4.78 is 31.8. The Morgan fingerprint density at radius 3 is 2.44 bits per heavy atom. The molecule has 3 nitrogen and oxygen atoms in total. The maximum absolute atomic E-state index is 13.4. The molecular weight excluding hydrogens is 234 g/mol. The third kappa shape index (κ3) is 2.16. The number of anilines is 1. The molecule has 0 atom stereocenters. The second-order valence-corrected chi connectivity index (χ2v) is 4.13. The number of nitrogens with zero attached hydrogens (tertiary/aromatic N) is 1. The summed E-state index contributed by atoms with van der Waals surface area (Å²) >= 11 is 0.787.